The molecule has 0 atom stereocenters. The highest BCUT2D eigenvalue weighted by atomic mass is 32.2. The van der Waals surface area contributed by atoms with E-state index < -0.39 is 10.8 Å². The molecule has 0 saturated heterocycles. The molecule has 170 valence electrons. The monoisotopic (exact) mass is 473 g/mol. The fourth-order valence-electron chi connectivity index (χ4n) is 3.34. The van der Waals surface area contributed by atoms with Gasteiger partial charge in [0.25, 0.3) is 17.2 Å². The number of nitro groups is 1. The molecule has 0 saturated carbocycles. The Kier molecular flexibility index (Phi) is 6.79. The highest BCUT2D eigenvalue weighted by Gasteiger charge is 2.16. The molecule has 0 radical (unpaired) electrons. The number of thioether (sulfide) groups is 1. The number of carbonyl (C=O) groups is 1. The number of aryl methyl sites for hydroxylation is 1. The molecule has 3 aromatic carbocycles. The van der Waals surface area contributed by atoms with Crippen LogP contribution in [0.4, 0.5) is 5.69 Å². The number of nitrogens with zero attached hydrogens (tertiary/aromatic N) is 4. The van der Waals surface area contributed by atoms with E-state index in [9.17, 15) is 19.7 Å². The van der Waals surface area contributed by atoms with Crippen molar-refractivity contribution in [3.05, 3.63) is 104 Å². The van der Waals surface area contributed by atoms with Gasteiger partial charge in [-0.15, -0.1) is 0 Å². The number of nitro benzene ring substituents is 1. The SMILES string of the molecule is Cc1ccccc1-n1c(SCC(=O)N/N=C/c2ccccc2[N+](=O)[O-])nc2ccccc2c1=O. The van der Waals surface area contributed by atoms with Crippen molar-refractivity contribution in [2.24, 2.45) is 5.10 Å². The van der Waals surface area contributed by atoms with Crippen LogP contribution in [0.5, 0.6) is 0 Å². The van der Waals surface area contributed by atoms with Crippen LogP contribution >= 0.6 is 11.8 Å². The van der Waals surface area contributed by atoms with Crippen molar-refractivity contribution >= 4 is 40.5 Å². The first-order chi connectivity index (χ1) is 16.5. The van der Waals surface area contributed by atoms with E-state index in [1.54, 1.807) is 36.4 Å². The molecule has 10 heteroatoms. The van der Waals surface area contributed by atoms with Gasteiger partial charge in [-0.1, -0.05) is 54.2 Å². The first-order valence-electron chi connectivity index (χ1n) is 10.2. The molecule has 1 N–H and O–H groups in total. The zero-order valence-electron chi connectivity index (χ0n) is 18.0. The van der Waals surface area contributed by atoms with E-state index in [2.05, 4.69) is 15.5 Å². The van der Waals surface area contributed by atoms with E-state index in [-0.39, 0.29) is 22.6 Å². The van der Waals surface area contributed by atoms with Gasteiger partial charge >= 0.3 is 0 Å². The molecule has 0 aliphatic rings. The molecule has 0 aliphatic heterocycles. The quantitative estimate of drug-likeness (QED) is 0.143. The van der Waals surface area contributed by atoms with Crippen LogP contribution in [0.3, 0.4) is 0 Å². The zero-order valence-corrected chi connectivity index (χ0v) is 18.9. The van der Waals surface area contributed by atoms with Crippen LogP contribution in [-0.2, 0) is 4.79 Å². The summed E-state index contributed by atoms with van der Waals surface area (Å²) in [4.78, 5) is 40.9. The van der Waals surface area contributed by atoms with E-state index >= 15 is 0 Å². The Morgan fingerprint density at radius 1 is 1.12 bits per heavy atom. The second kappa shape index (κ2) is 10.1. The third-order valence-corrected chi connectivity index (χ3v) is 5.90. The minimum absolute atomic E-state index is 0.0646. The van der Waals surface area contributed by atoms with Gasteiger partial charge in [-0.3, -0.25) is 24.3 Å². The Labute approximate surface area is 198 Å². The van der Waals surface area contributed by atoms with Crippen molar-refractivity contribution in [1.29, 1.82) is 0 Å². The zero-order chi connectivity index (χ0) is 24.1. The van der Waals surface area contributed by atoms with Gasteiger partial charge in [-0.2, -0.15) is 5.10 Å². The van der Waals surface area contributed by atoms with Gasteiger partial charge in [0, 0.05) is 6.07 Å². The lowest BCUT2D eigenvalue weighted by molar-refractivity contribution is -0.385. The van der Waals surface area contributed by atoms with Crippen LogP contribution in [0.1, 0.15) is 11.1 Å². The molecule has 0 fully saturated rings. The fraction of sp³-hybridized carbons (Fsp3) is 0.0833. The predicted molar refractivity (Wildman–Crippen MR) is 132 cm³/mol. The molecular formula is C24H19N5O4S. The van der Waals surface area contributed by atoms with Gasteiger partial charge in [0.05, 0.1) is 39.0 Å². The summed E-state index contributed by atoms with van der Waals surface area (Å²) < 4.78 is 1.51. The molecular weight excluding hydrogens is 454 g/mol. The third kappa shape index (κ3) is 4.86. The number of hydrogen-bond donors (Lipinski definition) is 1. The number of nitrogens with one attached hydrogen (secondary N) is 1. The summed E-state index contributed by atoms with van der Waals surface area (Å²) in [6.07, 6.45) is 1.22. The smallest absolute Gasteiger partial charge is 0.272 e. The molecule has 9 nitrogen and oxygen atoms in total. The molecule has 0 unspecified atom stereocenters. The van der Waals surface area contributed by atoms with Crippen LogP contribution in [0, 0.1) is 17.0 Å². The van der Waals surface area contributed by atoms with E-state index in [0.717, 1.165) is 17.3 Å². The van der Waals surface area contributed by atoms with E-state index in [1.807, 2.05) is 31.2 Å². The summed E-state index contributed by atoms with van der Waals surface area (Å²) in [5, 5.41) is 15.8. The molecule has 34 heavy (non-hydrogen) atoms. The minimum Gasteiger partial charge on any atom is -0.272 e. The first kappa shape index (κ1) is 22.9. The highest BCUT2D eigenvalue weighted by molar-refractivity contribution is 7.99. The number of amides is 1. The van der Waals surface area contributed by atoms with Crippen molar-refractivity contribution in [2.75, 3.05) is 5.75 Å². The molecule has 0 spiro atoms. The van der Waals surface area contributed by atoms with E-state index in [1.165, 1.54) is 22.9 Å². The highest BCUT2D eigenvalue weighted by Crippen LogP contribution is 2.23. The number of carbonyl (C=O) groups excluding carboxylic acids is 1. The number of benzene rings is 3. The van der Waals surface area contributed by atoms with Crippen molar-refractivity contribution in [2.45, 2.75) is 12.1 Å². The van der Waals surface area contributed by atoms with Gasteiger partial charge in [-0.25, -0.2) is 10.4 Å². The maximum absolute atomic E-state index is 13.3. The number of rotatable bonds is 7. The third-order valence-electron chi connectivity index (χ3n) is 4.96. The summed E-state index contributed by atoms with van der Waals surface area (Å²) in [5.41, 5.74) is 4.40. The van der Waals surface area contributed by atoms with Crippen molar-refractivity contribution in [3.8, 4) is 5.69 Å². The maximum atomic E-state index is 13.3. The topological polar surface area (TPSA) is 119 Å². The standard InChI is InChI=1S/C24H19N5O4S/c1-16-8-2-6-12-20(16)28-23(31)18-10-4-5-11-19(18)26-24(28)34-15-22(30)27-25-14-17-9-3-7-13-21(17)29(32)33/h2-14H,15H2,1H3,(H,27,30)/b25-14+. The largest absolute Gasteiger partial charge is 0.278 e. The van der Waals surface area contributed by atoms with Gasteiger partial charge in [-0.05, 0) is 36.8 Å². The lowest BCUT2D eigenvalue weighted by atomic mass is 10.2. The van der Waals surface area contributed by atoms with Crippen LogP contribution in [-0.4, -0.2) is 32.3 Å². The summed E-state index contributed by atoms with van der Waals surface area (Å²) >= 11 is 1.10. The average molecular weight is 474 g/mol. The molecule has 0 bridgehead atoms. The summed E-state index contributed by atoms with van der Waals surface area (Å²) in [7, 11) is 0. The van der Waals surface area contributed by atoms with Gasteiger partial charge < -0.3 is 0 Å². The van der Waals surface area contributed by atoms with Crippen LogP contribution in [0.2, 0.25) is 0 Å². The Morgan fingerprint density at radius 3 is 2.62 bits per heavy atom. The maximum Gasteiger partial charge on any atom is 0.278 e. The Hall–Kier alpha value is -4.31. The lowest BCUT2D eigenvalue weighted by Crippen LogP contribution is -2.24. The Bertz CT molecular complexity index is 1480. The predicted octanol–water partition coefficient (Wildman–Crippen LogP) is 3.84. The Balaban J connectivity index is 1.57. The van der Waals surface area contributed by atoms with Gasteiger partial charge in [0.1, 0.15) is 0 Å². The molecule has 1 aromatic heterocycles. The van der Waals surface area contributed by atoms with Crippen LogP contribution in [0.25, 0.3) is 16.6 Å². The molecule has 4 aromatic rings. The van der Waals surface area contributed by atoms with Crippen LogP contribution in [0.15, 0.2) is 87.8 Å². The summed E-state index contributed by atoms with van der Waals surface area (Å²) in [6.45, 7) is 1.90. The molecule has 1 heterocycles. The van der Waals surface area contributed by atoms with Crippen molar-refractivity contribution < 1.29 is 9.72 Å². The van der Waals surface area contributed by atoms with Crippen molar-refractivity contribution in [3.63, 3.8) is 0 Å². The summed E-state index contributed by atoms with van der Waals surface area (Å²) in [5.74, 6) is -0.510. The average Bonchev–Trinajstić information content (AvgIpc) is 2.84. The number of hydrogen-bond acceptors (Lipinski definition) is 7. The second-order valence-corrected chi connectivity index (χ2v) is 8.18. The number of para-hydroxylation sites is 3. The van der Waals surface area contributed by atoms with Crippen molar-refractivity contribution in [1.82, 2.24) is 15.0 Å². The van der Waals surface area contributed by atoms with E-state index in [0.29, 0.717) is 21.7 Å². The van der Waals surface area contributed by atoms with E-state index in [4.69, 9.17) is 0 Å². The Morgan fingerprint density at radius 2 is 1.82 bits per heavy atom. The number of fused-ring (bicyclic) bond motifs is 1. The molecule has 1 amide bonds. The normalized spacial score (nSPS) is 11.1. The first-order valence-corrected chi connectivity index (χ1v) is 11.2. The lowest BCUT2D eigenvalue weighted by Gasteiger charge is -2.14. The molecule has 0 aliphatic carbocycles. The summed E-state index contributed by atoms with van der Waals surface area (Å²) in [6, 6.07) is 20.6. The van der Waals surface area contributed by atoms with Gasteiger partial charge in [0.15, 0.2) is 5.16 Å². The van der Waals surface area contributed by atoms with Gasteiger partial charge in [0.2, 0.25) is 0 Å². The fourth-order valence-corrected chi connectivity index (χ4v) is 4.13. The van der Waals surface area contributed by atoms with Crippen LogP contribution < -0.4 is 11.0 Å². The number of aromatic nitrogens is 2. The number of hydrazone groups is 1. The second-order valence-electron chi connectivity index (χ2n) is 7.24. The minimum atomic E-state index is -0.519. The molecule has 4 rings (SSSR count).